The first-order chi connectivity index (χ1) is 11.5. The number of rotatable bonds is 6. The summed E-state index contributed by atoms with van der Waals surface area (Å²) in [4.78, 5) is 0. The van der Waals surface area contributed by atoms with Crippen LogP contribution in [0.25, 0.3) is 0 Å². The normalized spacial score (nSPS) is 31.0. The number of halogens is 3. The number of hydrogen-bond donors (Lipinski definition) is 0. The van der Waals surface area contributed by atoms with Crippen LogP contribution in [-0.4, -0.2) is 13.9 Å². The van der Waals surface area contributed by atoms with Gasteiger partial charge in [0.05, 0.1) is 6.07 Å². The summed E-state index contributed by atoms with van der Waals surface area (Å²) in [5.41, 5.74) is -5.68. The van der Waals surface area contributed by atoms with E-state index < -0.39 is 15.6 Å². The van der Waals surface area contributed by atoms with E-state index in [4.69, 9.17) is 5.26 Å². The maximum atomic E-state index is 12.6. The first-order valence-electron chi connectivity index (χ1n) is 8.60. The zero-order valence-corrected chi connectivity index (χ0v) is 15.3. The molecule has 25 heavy (non-hydrogen) atoms. The molecule has 0 bridgehead atoms. The quantitative estimate of drug-likeness (QED) is 0.374. The second-order valence-corrected chi connectivity index (χ2v) is 8.94. The molecule has 0 saturated heterocycles. The summed E-state index contributed by atoms with van der Waals surface area (Å²) in [6.07, 6.45) is 6.47. The van der Waals surface area contributed by atoms with Crippen molar-refractivity contribution in [3.63, 3.8) is 0 Å². The van der Waals surface area contributed by atoms with Gasteiger partial charge in [-0.1, -0.05) is 13.8 Å². The minimum atomic E-state index is -5.62. The predicted octanol–water partition coefficient (Wildman–Crippen LogP) is 4.89. The van der Waals surface area contributed by atoms with Crippen LogP contribution >= 0.6 is 0 Å². The average Bonchev–Trinajstić information content (AvgIpc) is 2.84. The Kier molecular flexibility index (Phi) is 5.77. The van der Waals surface area contributed by atoms with E-state index in [1.807, 2.05) is 6.92 Å². The maximum absolute atomic E-state index is 12.6. The molecule has 0 unspecified atom stereocenters. The van der Waals surface area contributed by atoms with Gasteiger partial charge in [-0.25, -0.2) is 0 Å². The lowest BCUT2D eigenvalue weighted by Gasteiger charge is -2.42. The minimum absolute atomic E-state index is 0.0437. The first kappa shape index (κ1) is 20.1. The molecule has 2 aliphatic rings. The average molecular weight is 379 g/mol. The smallest absolute Gasteiger partial charge is 0.381 e. The fraction of sp³-hybridized carbons (Fsp3) is 0.824. The van der Waals surface area contributed by atoms with Crippen molar-refractivity contribution < 1.29 is 25.8 Å². The molecule has 0 spiro atoms. The van der Waals surface area contributed by atoms with Crippen molar-refractivity contribution in [3.8, 4) is 6.07 Å². The van der Waals surface area contributed by atoms with Crippen molar-refractivity contribution in [2.45, 2.75) is 64.3 Å². The van der Waals surface area contributed by atoms with Crippen molar-refractivity contribution in [2.75, 3.05) is 0 Å². The molecule has 0 aliphatic heterocycles. The van der Waals surface area contributed by atoms with Gasteiger partial charge in [0.2, 0.25) is 0 Å². The molecule has 8 heteroatoms. The van der Waals surface area contributed by atoms with Crippen molar-refractivity contribution in [2.24, 2.45) is 23.2 Å². The van der Waals surface area contributed by atoms with Gasteiger partial charge in [-0.3, -0.25) is 0 Å². The van der Waals surface area contributed by atoms with Crippen LogP contribution in [0.15, 0.2) is 11.8 Å². The number of nitriles is 1. The summed E-state index contributed by atoms with van der Waals surface area (Å²) in [6, 6.07) is 2.12. The van der Waals surface area contributed by atoms with E-state index in [0.717, 1.165) is 25.7 Å². The van der Waals surface area contributed by atoms with Crippen molar-refractivity contribution >= 4 is 10.1 Å². The van der Waals surface area contributed by atoms with Gasteiger partial charge in [0.25, 0.3) is 0 Å². The van der Waals surface area contributed by atoms with E-state index in [9.17, 15) is 21.6 Å². The molecule has 142 valence electrons. The number of allylic oxidation sites excluding steroid dienone is 2. The van der Waals surface area contributed by atoms with Crippen LogP contribution in [0.2, 0.25) is 0 Å². The van der Waals surface area contributed by atoms with E-state index in [0.29, 0.717) is 25.2 Å². The maximum Gasteiger partial charge on any atom is 0.534 e. The lowest BCUT2D eigenvalue weighted by Crippen LogP contribution is -2.37. The highest BCUT2D eigenvalue weighted by Crippen LogP contribution is 2.59. The summed E-state index contributed by atoms with van der Waals surface area (Å²) in [5, 5.41) is 8.67. The molecule has 0 aromatic heterocycles. The SMILES string of the molecule is C[C@H](CCCC#N)[C@H]1CC[C@H]2C(OS(=O)(=O)C(F)(F)F)=CCC[C@]12C. The molecule has 0 N–H and O–H groups in total. The Morgan fingerprint density at radius 3 is 2.72 bits per heavy atom. The number of alkyl halides is 3. The van der Waals surface area contributed by atoms with Crippen molar-refractivity contribution in [1.82, 2.24) is 0 Å². The van der Waals surface area contributed by atoms with E-state index in [-0.39, 0.29) is 23.0 Å². The number of hydrogen-bond acceptors (Lipinski definition) is 4. The van der Waals surface area contributed by atoms with Crippen molar-refractivity contribution in [1.29, 1.82) is 5.26 Å². The third kappa shape index (κ3) is 3.97. The van der Waals surface area contributed by atoms with Gasteiger partial charge >= 0.3 is 15.6 Å². The van der Waals surface area contributed by atoms with E-state index >= 15 is 0 Å². The van der Waals surface area contributed by atoms with Gasteiger partial charge in [-0.05, 0) is 61.9 Å². The molecule has 4 nitrogen and oxygen atoms in total. The Labute approximate surface area is 147 Å². The van der Waals surface area contributed by atoms with E-state index in [1.165, 1.54) is 6.08 Å². The Morgan fingerprint density at radius 2 is 2.12 bits per heavy atom. The van der Waals surface area contributed by atoms with Crippen LogP contribution in [-0.2, 0) is 14.3 Å². The molecule has 2 aliphatic carbocycles. The summed E-state index contributed by atoms with van der Waals surface area (Å²) < 4.78 is 65.2. The predicted molar refractivity (Wildman–Crippen MR) is 86.3 cm³/mol. The summed E-state index contributed by atoms with van der Waals surface area (Å²) in [7, 11) is -5.62. The lowest BCUT2D eigenvalue weighted by molar-refractivity contribution is -0.0536. The standard InChI is InChI=1S/C17H24F3NO3S/c1-12(6-3-4-11-21)13-8-9-14-15(7-5-10-16(13,14)2)24-25(22,23)17(18,19)20/h7,12-14H,3-6,8-10H2,1-2H3/t12-,13-,14+,16-/m1/s1. The van der Waals surface area contributed by atoms with Gasteiger partial charge < -0.3 is 4.18 Å². The van der Waals surface area contributed by atoms with Gasteiger partial charge in [-0.2, -0.15) is 26.9 Å². The summed E-state index contributed by atoms with van der Waals surface area (Å²) in [5.74, 6) is 0.276. The zero-order chi connectivity index (χ0) is 18.9. The Bertz CT molecular complexity index is 666. The van der Waals surface area contributed by atoms with Crippen LogP contribution in [0.3, 0.4) is 0 Å². The Hall–Kier alpha value is -1.23. The van der Waals surface area contributed by atoms with Crippen LogP contribution in [0.5, 0.6) is 0 Å². The molecule has 0 heterocycles. The molecule has 0 amide bonds. The highest BCUT2D eigenvalue weighted by molar-refractivity contribution is 7.87. The Balaban J connectivity index is 2.15. The lowest BCUT2D eigenvalue weighted by atomic mass is 9.63. The third-order valence-corrected chi connectivity index (χ3v) is 6.88. The fourth-order valence-electron chi connectivity index (χ4n) is 4.66. The highest BCUT2D eigenvalue weighted by atomic mass is 32.2. The van der Waals surface area contributed by atoms with Crippen LogP contribution in [0.1, 0.15) is 58.8 Å². The molecular weight excluding hydrogens is 355 g/mol. The minimum Gasteiger partial charge on any atom is -0.381 e. The Morgan fingerprint density at radius 1 is 1.44 bits per heavy atom. The van der Waals surface area contributed by atoms with Gasteiger partial charge in [-0.15, -0.1) is 0 Å². The molecule has 2 rings (SSSR count). The highest BCUT2D eigenvalue weighted by Gasteiger charge is 2.54. The summed E-state index contributed by atoms with van der Waals surface area (Å²) in [6.45, 7) is 4.15. The monoisotopic (exact) mass is 379 g/mol. The number of unbranched alkanes of at least 4 members (excludes halogenated alkanes) is 1. The molecule has 0 aromatic carbocycles. The van der Waals surface area contributed by atoms with Crippen LogP contribution in [0, 0.1) is 34.5 Å². The molecule has 1 fully saturated rings. The second-order valence-electron chi connectivity index (χ2n) is 7.40. The molecule has 4 atom stereocenters. The topological polar surface area (TPSA) is 67.2 Å². The number of nitrogens with zero attached hydrogens (tertiary/aromatic N) is 1. The van der Waals surface area contributed by atoms with Gasteiger partial charge in [0, 0.05) is 12.3 Å². The van der Waals surface area contributed by atoms with Crippen LogP contribution in [0.4, 0.5) is 13.2 Å². The first-order valence-corrected chi connectivity index (χ1v) is 10.0. The molecule has 0 radical (unpaired) electrons. The van der Waals surface area contributed by atoms with Gasteiger partial charge in [0.1, 0.15) is 5.76 Å². The van der Waals surface area contributed by atoms with Gasteiger partial charge in [0.15, 0.2) is 0 Å². The molecular formula is C17H24F3NO3S. The molecule has 0 aromatic rings. The molecule has 1 saturated carbocycles. The van der Waals surface area contributed by atoms with E-state index in [1.54, 1.807) is 0 Å². The van der Waals surface area contributed by atoms with E-state index in [2.05, 4.69) is 17.2 Å². The third-order valence-electron chi connectivity index (χ3n) is 5.91. The second kappa shape index (κ2) is 7.18. The van der Waals surface area contributed by atoms with Crippen LogP contribution < -0.4 is 0 Å². The zero-order valence-electron chi connectivity index (χ0n) is 14.5. The fourth-order valence-corrected chi connectivity index (χ4v) is 5.20. The number of fused-ring (bicyclic) bond motifs is 1. The largest absolute Gasteiger partial charge is 0.534 e. The summed E-state index contributed by atoms with van der Waals surface area (Å²) >= 11 is 0. The van der Waals surface area contributed by atoms with Crippen molar-refractivity contribution in [3.05, 3.63) is 11.8 Å².